The van der Waals surface area contributed by atoms with E-state index in [1.807, 2.05) is 11.9 Å². The number of aryl methyl sites for hydroxylation is 1. The first kappa shape index (κ1) is 15.7. The highest BCUT2D eigenvalue weighted by Gasteiger charge is 2.60. The zero-order chi connectivity index (χ0) is 16.2. The van der Waals surface area contributed by atoms with E-state index in [-0.39, 0.29) is 9.74 Å². The summed E-state index contributed by atoms with van der Waals surface area (Å²) in [5.41, 5.74) is 2.45. The van der Waals surface area contributed by atoms with Crippen LogP contribution in [0.4, 0.5) is 0 Å². The van der Waals surface area contributed by atoms with Gasteiger partial charge in [0.15, 0.2) is 0 Å². The number of alkyl halides is 1. The molecule has 0 aromatic heterocycles. The summed E-state index contributed by atoms with van der Waals surface area (Å²) < 4.78 is 0.246. The molecule has 0 radical (unpaired) electrons. The second-order valence-electron chi connectivity index (χ2n) is 8.48. The van der Waals surface area contributed by atoms with E-state index in [1.54, 1.807) is 0 Å². The third-order valence-corrected chi connectivity index (χ3v) is 7.39. The molecular formula is C20H26BrNO. The first-order chi connectivity index (χ1) is 10.9. The molecule has 124 valence electrons. The van der Waals surface area contributed by atoms with Gasteiger partial charge in [0, 0.05) is 17.9 Å². The number of nitrogens with zero attached hydrogens (tertiary/aromatic N) is 1. The predicted molar refractivity (Wildman–Crippen MR) is 96.4 cm³/mol. The van der Waals surface area contributed by atoms with Crippen LogP contribution in [0.1, 0.15) is 49.7 Å². The monoisotopic (exact) mass is 375 g/mol. The molecule has 0 heterocycles. The third kappa shape index (κ3) is 2.65. The average molecular weight is 376 g/mol. The van der Waals surface area contributed by atoms with Crippen molar-refractivity contribution < 1.29 is 4.79 Å². The highest BCUT2D eigenvalue weighted by atomic mass is 79.9. The molecule has 0 aliphatic heterocycles. The molecule has 2 atom stereocenters. The van der Waals surface area contributed by atoms with Crippen molar-refractivity contribution >= 4 is 21.8 Å². The molecule has 2 nitrogen and oxygen atoms in total. The van der Waals surface area contributed by atoms with Crippen LogP contribution in [0.15, 0.2) is 24.3 Å². The van der Waals surface area contributed by atoms with Crippen molar-refractivity contribution in [3.63, 3.8) is 0 Å². The van der Waals surface area contributed by atoms with E-state index in [4.69, 9.17) is 0 Å². The fourth-order valence-electron chi connectivity index (χ4n) is 5.92. The van der Waals surface area contributed by atoms with Gasteiger partial charge in [-0.1, -0.05) is 40.2 Å². The van der Waals surface area contributed by atoms with Gasteiger partial charge < -0.3 is 4.90 Å². The van der Waals surface area contributed by atoms with Gasteiger partial charge in [-0.2, -0.15) is 0 Å². The Morgan fingerprint density at radius 2 is 1.87 bits per heavy atom. The van der Waals surface area contributed by atoms with Crippen LogP contribution >= 0.6 is 15.9 Å². The number of carbonyl (C=O) groups is 1. The number of hydrogen-bond acceptors (Lipinski definition) is 1. The fraction of sp³-hybridized carbons (Fsp3) is 0.650. The first-order valence-corrected chi connectivity index (χ1v) is 9.67. The van der Waals surface area contributed by atoms with Crippen molar-refractivity contribution in [3.05, 3.63) is 35.4 Å². The third-order valence-electron chi connectivity index (χ3n) is 6.46. The van der Waals surface area contributed by atoms with Crippen molar-refractivity contribution in [2.45, 2.75) is 56.3 Å². The number of carbonyl (C=O) groups excluding carboxylic acids is 1. The van der Waals surface area contributed by atoms with Crippen LogP contribution in [0.2, 0.25) is 0 Å². The second kappa shape index (κ2) is 5.34. The zero-order valence-electron chi connectivity index (χ0n) is 14.1. The topological polar surface area (TPSA) is 20.3 Å². The van der Waals surface area contributed by atoms with Gasteiger partial charge in [0.25, 0.3) is 0 Å². The highest BCUT2D eigenvalue weighted by molar-refractivity contribution is 9.10. The average Bonchev–Trinajstić information content (AvgIpc) is 2.46. The number of hydrogen-bond donors (Lipinski definition) is 0. The minimum Gasteiger partial charge on any atom is -0.341 e. The van der Waals surface area contributed by atoms with Crippen LogP contribution in [0, 0.1) is 24.2 Å². The smallest absolute Gasteiger partial charge is 0.228 e. The van der Waals surface area contributed by atoms with Gasteiger partial charge >= 0.3 is 0 Å². The first-order valence-electron chi connectivity index (χ1n) is 8.88. The molecule has 0 saturated heterocycles. The lowest BCUT2D eigenvalue weighted by atomic mass is 9.49. The maximum atomic E-state index is 13.4. The van der Waals surface area contributed by atoms with Crippen molar-refractivity contribution in [2.75, 3.05) is 7.05 Å². The largest absolute Gasteiger partial charge is 0.341 e. The Labute approximate surface area is 147 Å². The van der Waals surface area contributed by atoms with Gasteiger partial charge in [0.1, 0.15) is 0 Å². The molecule has 4 fully saturated rings. The molecule has 1 aromatic rings. The highest BCUT2D eigenvalue weighted by Crippen LogP contribution is 2.64. The van der Waals surface area contributed by atoms with Crippen molar-refractivity contribution in [1.29, 1.82) is 0 Å². The Morgan fingerprint density at radius 1 is 1.22 bits per heavy atom. The Hall–Kier alpha value is -0.830. The molecule has 4 bridgehead atoms. The maximum Gasteiger partial charge on any atom is 0.228 e. The summed E-state index contributed by atoms with van der Waals surface area (Å²) in [6.45, 7) is 2.86. The van der Waals surface area contributed by atoms with Crippen LogP contribution in [-0.2, 0) is 11.3 Å². The van der Waals surface area contributed by atoms with Crippen LogP contribution in [0.5, 0.6) is 0 Å². The van der Waals surface area contributed by atoms with E-state index in [0.717, 1.165) is 37.6 Å². The molecule has 2 unspecified atom stereocenters. The van der Waals surface area contributed by atoms with Crippen molar-refractivity contribution in [1.82, 2.24) is 4.90 Å². The summed E-state index contributed by atoms with van der Waals surface area (Å²) in [5, 5.41) is 0. The van der Waals surface area contributed by atoms with Gasteiger partial charge in [-0.25, -0.2) is 0 Å². The minimum absolute atomic E-state index is 0.0922. The van der Waals surface area contributed by atoms with Gasteiger partial charge in [-0.3, -0.25) is 4.79 Å². The van der Waals surface area contributed by atoms with E-state index in [0.29, 0.717) is 5.91 Å². The Balaban J connectivity index is 1.56. The molecule has 3 heteroatoms. The molecule has 5 rings (SSSR count). The quantitative estimate of drug-likeness (QED) is 0.701. The molecule has 4 aliphatic carbocycles. The Bertz CT molecular complexity index is 626. The standard InChI is InChI=1S/C20H26BrNO/c1-14-5-3-4-6-17(14)12-22(2)18(23)19-8-15-7-16(9-19)11-20(21,10-15)13-19/h3-6,15-16H,7-13H2,1-2H3. The lowest BCUT2D eigenvalue weighted by molar-refractivity contribution is -0.154. The summed E-state index contributed by atoms with van der Waals surface area (Å²) in [6.07, 6.45) is 7.19. The molecule has 4 saturated carbocycles. The summed E-state index contributed by atoms with van der Waals surface area (Å²) in [6, 6.07) is 8.41. The summed E-state index contributed by atoms with van der Waals surface area (Å²) in [5.74, 6) is 1.90. The van der Waals surface area contributed by atoms with Crippen LogP contribution < -0.4 is 0 Å². The second-order valence-corrected chi connectivity index (χ2v) is 10.2. The van der Waals surface area contributed by atoms with E-state index in [1.165, 1.54) is 30.4 Å². The van der Waals surface area contributed by atoms with E-state index in [9.17, 15) is 4.79 Å². The molecule has 0 N–H and O–H groups in total. The summed E-state index contributed by atoms with van der Waals surface area (Å²) in [4.78, 5) is 15.4. The van der Waals surface area contributed by atoms with Crippen LogP contribution in [0.3, 0.4) is 0 Å². The molecule has 4 aliphatic rings. The molecule has 23 heavy (non-hydrogen) atoms. The van der Waals surface area contributed by atoms with E-state index in [2.05, 4.69) is 47.1 Å². The molecular weight excluding hydrogens is 350 g/mol. The van der Waals surface area contributed by atoms with Gasteiger partial charge in [-0.05, 0) is 68.4 Å². The number of benzene rings is 1. The summed E-state index contributed by atoms with van der Waals surface area (Å²) in [7, 11) is 1.99. The van der Waals surface area contributed by atoms with Crippen LogP contribution in [-0.4, -0.2) is 22.2 Å². The summed E-state index contributed by atoms with van der Waals surface area (Å²) >= 11 is 4.02. The predicted octanol–water partition coefficient (Wildman–Crippen LogP) is 4.69. The van der Waals surface area contributed by atoms with E-state index < -0.39 is 0 Å². The maximum absolute atomic E-state index is 13.4. The minimum atomic E-state index is -0.0922. The fourth-order valence-corrected chi connectivity index (χ4v) is 7.37. The Morgan fingerprint density at radius 3 is 2.48 bits per heavy atom. The molecule has 1 amide bonds. The lowest BCUT2D eigenvalue weighted by Gasteiger charge is -2.60. The lowest BCUT2D eigenvalue weighted by Crippen LogP contribution is -2.58. The van der Waals surface area contributed by atoms with Crippen molar-refractivity contribution in [2.24, 2.45) is 17.3 Å². The normalized spacial score (nSPS) is 37.9. The number of rotatable bonds is 3. The van der Waals surface area contributed by atoms with Crippen LogP contribution in [0.25, 0.3) is 0 Å². The molecule has 0 spiro atoms. The van der Waals surface area contributed by atoms with Gasteiger partial charge in [0.2, 0.25) is 5.91 Å². The SMILES string of the molecule is Cc1ccccc1CN(C)C(=O)C12CC3CC(CC(Br)(C3)C1)C2. The van der Waals surface area contributed by atoms with Crippen molar-refractivity contribution in [3.8, 4) is 0 Å². The molecule has 1 aromatic carbocycles. The Kier molecular flexibility index (Phi) is 3.64. The number of amides is 1. The zero-order valence-corrected chi connectivity index (χ0v) is 15.7. The number of halogens is 1. The van der Waals surface area contributed by atoms with Gasteiger partial charge in [0.05, 0.1) is 5.41 Å². The van der Waals surface area contributed by atoms with Gasteiger partial charge in [-0.15, -0.1) is 0 Å². The van der Waals surface area contributed by atoms with E-state index >= 15 is 0 Å².